The molecule has 2 rings (SSSR count). The highest BCUT2D eigenvalue weighted by molar-refractivity contribution is 7.09. The molecular formula is C10H11NO3S. The Morgan fingerprint density at radius 1 is 1.53 bits per heavy atom. The van der Waals surface area contributed by atoms with Crippen molar-refractivity contribution in [3.05, 3.63) is 34.4 Å². The third-order valence-corrected chi connectivity index (χ3v) is 2.75. The number of thiophene rings is 1. The summed E-state index contributed by atoms with van der Waals surface area (Å²) in [4.78, 5) is 12.6. The van der Waals surface area contributed by atoms with Gasteiger partial charge in [-0.2, -0.15) is 0 Å². The fourth-order valence-electron chi connectivity index (χ4n) is 1.16. The number of amides is 1. The number of carbonyl (C=O) groups excluding carboxylic acids is 1. The van der Waals surface area contributed by atoms with Crippen LogP contribution in [0, 0.1) is 0 Å². The third-order valence-electron chi connectivity index (χ3n) is 1.88. The van der Waals surface area contributed by atoms with Gasteiger partial charge in [0.05, 0.1) is 6.54 Å². The normalized spacial score (nSPS) is 14.8. The Morgan fingerprint density at radius 2 is 2.47 bits per heavy atom. The van der Waals surface area contributed by atoms with E-state index in [1.807, 2.05) is 17.5 Å². The molecule has 1 aliphatic rings. The molecule has 1 aliphatic heterocycles. The second kappa shape index (κ2) is 4.84. The second-order valence-electron chi connectivity index (χ2n) is 2.96. The minimum Gasteiger partial charge on any atom is -0.494 e. The van der Waals surface area contributed by atoms with E-state index in [1.54, 1.807) is 11.3 Å². The SMILES string of the molecule is O=C(NCc1cccs1)C1=COCCO1. The summed E-state index contributed by atoms with van der Waals surface area (Å²) in [5.74, 6) is 0.0147. The maximum atomic E-state index is 11.5. The monoisotopic (exact) mass is 225 g/mol. The van der Waals surface area contributed by atoms with Crippen molar-refractivity contribution in [2.75, 3.05) is 13.2 Å². The molecular weight excluding hydrogens is 214 g/mol. The molecule has 0 bridgehead atoms. The van der Waals surface area contributed by atoms with Gasteiger partial charge < -0.3 is 14.8 Å². The average molecular weight is 225 g/mol. The van der Waals surface area contributed by atoms with E-state index < -0.39 is 0 Å². The lowest BCUT2D eigenvalue weighted by Gasteiger charge is -2.14. The second-order valence-corrected chi connectivity index (χ2v) is 4.00. The standard InChI is InChI=1S/C10H11NO3S/c12-10(9-7-13-3-4-14-9)11-6-8-2-1-5-15-8/h1-2,5,7H,3-4,6H2,(H,11,12). The fourth-order valence-corrected chi connectivity index (χ4v) is 1.80. The maximum Gasteiger partial charge on any atom is 0.289 e. The van der Waals surface area contributed by atoms with Crippen LogP contribution in [-0.4, -0.2) is 19.1 Å². The zero-order valence-electron chi connectivity index (χ0n) is 8.06. The Morgan fingerprint density at radius 3 is 3.13 bits per heavy atom. The van der Waals surface area contributed by atoms with Gasteiger partial charge in [0.15, 0.2) is 0 Å². The van der Waals surface area contributed by atoms with E-state index in [2.05, 4.69) is 5.32 Å². The summed E-state index contributed by atoms with van der Waals surface area (Å²) in [5, 5.41) is 4.73. The molecule has 2 heterocycles. The molecule has 80 valence electrons. The van der Waals surface area contributed by atoms with Crippen molar-refractivity contribution in [3.8, 4) is 0 Å². The van der Waals surface area contributed by atoms with E-state index in [4.69, 9.17) is 9.47 Å². The molecule has 1 amide bonds. The Hall–Kier alpha value is -1.49. The van der Waals surface area contributed by atoms with E-state index in [-0.39, 0.29) is 11.7 Å². The number of hydrogen-bond donors (Lipinski definition) is 1. The molecule has 0 aromatic carbocycles. The average Bonchev–Trinajstić information content (AvgIpc) is 2.80. The van der Waals surface area contributed by atoms with Crippen LogP contribution in [0.2, 0.25) is 0 Å². The molecule has 0 saturated heterocycles. The highest BCUT2D eigenvalue weighted by atomic mass is 32.1. The fraction of sp³-hybridized carbons (Fsp3) is 0.300. The molecule has 0 aliphatic carbocycles. The van der Waals surface area contributed by atoms with Crippen LogP contribution in [0.5, 0.6) is 0 Å². The quantitative estimate of drug-likeness (QED) is 0.842. The number of ether oxygens (including phenoxy) is 2. The summed E-state index contributed by atoms with van der Waals surface area (Å²) < 4.78 is 10.1. The van der Waals surface area contributed by atoms with Crippen LogP contribution >= 0.6 is 11.3 Å². The van der Waals surface area contributed by atoms with Crippen LogP contribution in [0.1, 0.15) is 4.88 Å². The summed E-state index contributed by atoms with van der Waals surface area (Å²) in [5.41, 5.74) is 0. The maximum absolute atomic E-state index is 11.5. The lowest BCUT2D eigenvalue weighted by molar-refractivity contribution is -0.122. The predicted molar refractivity (Wildman–Crippen MR) is 56.2 cm³/mol. The van der Waals surface area contributed by atoms with Crippen molar-refractivity contribution in [2.24, 2.45) is 0 Å². The molecule has 0 spiro atoms. The largest absolute Gasteiger partial charge is 0.494 e. The molecule has 1 aromatic heterocycles. The summed E-state index contributed by atoms with van der Waals surface area (Å²) >= 11 is 1.61. The first-order chi connectivity index (χ1) is 7.36. The molecule has 4 nitrogen and oxygen atoms in total. The zero-order chi connectivity index (χ0) is 10.5. The van der Waals surface area contributed by atoms with E-state index in [0.29, 0.717) is 19.8 Å². The minimum atomic E-state index is -0.233. The van der Waals surface area contributed by atoms with Gasteiger partial charge in [0.25, 0.3) is 5.91 Å². The van der Waals surface area contributed by atoms with E-state index >= 15 is 0 Å². The Balaban J connectivity index is 1.84. The summed E-state index contributed by atoms with van der Waals surface area (Å²) in [7, 11) is 0. The molecule has 1 N–H and O–H groups in total. The molecule has 0 radical (unpaired) electrons. The van der Waals surface area contributed by atoms with Crippen molar-refractivity contribution in [1.82, 2.24) is 5.32 Å². The number of nitrogens with one attached hydrogen (secondary N) is 1. The van der Waals surface area contributed by atoms with Crippen molar-refractivity contribution in [1.29, 1.82) is 0 Å². The van der Waals surface area contributed by atoms with Crippen molar-refractivity contribution in [3.63, 3.8) is 0 Å². The van der Waals surface area contributed by atoms with E-state index in [9.17, 15) is 4.79 Å². The molecule has 0 atom stereocenters. The van der Waals surface area contributed by atoms with Gasteiger partial charge in [-0.3, -0.25) is 4.79 Å². The molecule has 15 heavy (non-hydrogen) atoms. The van der Waals surface area contributed by atoms with Gasteiger partial charge in [0, 0.05) is 4.88 Å². The van der Waals surface area contributed by atoms with Gasteiger partial charge >= 0.3 is 0 Å². The topological polar surface area (TPSA) is 47.6 Å². The Labute approximate surface area is 91.5 Å². The Bertz CT molecular complexity index is 359. The summed E-state index contributed by atoms with van der Waals surface area (Å²) in [6, 6.07) is 3.92. The van der Waals surface area contributed by atoms with Gasteiger partial charge in [-0.1, -0.05) is 6.07 Å². The van der Waals surface area contributed by atoms with Gasteiger partial charge in [-0.05, 0) is 11.4 Å². The molecule has 5 heteroatoms. The molecule has 0 fully saturated rings. The van der Waals surface area contributed by atoms with E-state index in [0.717, 1.165) is 4.88 Å². The van der Waals surface area contributed by atoms with Crippen LogP contribution in [-0.2, 0) is 20.8 Å². The van der Waals surface area contributed by atoms with Gasteiger partial charge in [-0.15, -0.1) is 11.3 Å². The zero-order valence-corrected chi connectivity index (χ0v) is 8.88. The molecule has 1 aromatic rings. The van der Waals surface area contributed by atoms with Crippen LogP contribution in [0.15, 0.2) is 29.5 Å². The highest BCUT2D eigenvalue weighted by Crippen LogP contribution is 2.09. The van der Waals surface area contributed by atoms with Gasteiger partial charge in [0.2, 0.25) is 5.76 Å². The Kier molecular flexibility index (Phi) is 3.24. The van der Waals surface area contributed by atoms with Crippen LogP contribution < -0.4 is 5.32 Å². The number of rotatable bonds is 3. The first kappa shape index (κ1) is 10.0. The molecule has 0 saturated carbocycles. The predicted octanol–water partition coefficient (Wildman–Crippen LogP) is 1.25. The number of hydrogen-bond acceptors (Lipinski definition) is 4. The lowest BCUT2D eigenvalue weighted by Crippen LogP contribution is -2.27. The minimum absolute atomic E-state index is 0.233. The summed E-state index contributed by atoms with van der Waals surface area (Å²) in [6.45, 7) is 1.46. The van der Waals surface area contributed by atoms with Crippen molar-refractivity contribution in [2.45, 2.75) is 6.54 Å². The summed E-state index contributed by atoms with van der Waals surface area (Å²) in [6.07, 6.45) is 1.35. The number of carbonyl (C=O) groups is 1. The van der Waals surface area contributed by atoms with Crippen molar-refractivity contribution < 1.29 is 14.3 Å². The first-order valence-corrected chi connectivity index (χ1v) is 5.49. The van der Waals surface area contributed by atoms with Gasteiger partial charge in [0.1, 0.15) is 19.5 Å². The third kappa shape index (κ3) is 2.73. The highest BCUT2D eigenvalue weighted by Gasteiger charge is 2.14. The van der Waals surface area contributed by atoms with Crippen LogP contribution in [0.3, 0.4) is 0 Å². The smallest absolute Gasteiger partial charge is 0.289 e. The van der Waals surface area contributed by atoms with Crippen molar-refractivity contribution >= 4 is 17.2 Å². The molecule has 0 unspecified atom stereocenters. The van der Waals surface area contributed by atoms with Crippen LogP contribution in [0.4, 0.5) is 0 Å². The van der Waals surface area contributed by atoms with Crippen LogP contribution in [0.25, 0.3) is 0 Å². The first-order valence-electron chi connectivity index (χ1n) is 4.61. The van der Waals surface area contributed by atoms with Gasteiger partial charge in [-0.25, -0.2) is 0 Å². The lowest BCUT2D eigenvalue weighted by atomic mass is 10.4. The van der Waals surface area contributed by atoms with E-state index in [1.165, 1.54) is 6.26 Å².